The van der Waals surface area contributed by atoms with Crippen LogP contribution in [-0.2, 0) is 27.2 Å². The molecular formula is C44H48N5O8+. The summed E-state index contributed by atoms with van der Waals surface area (Å²) in [5.41, 5.74) is 5.23. The third-order valence-electron chi connectivity index (χ3n) is 11.8. The Morgan fingerprint density at radius 1 is 0.912 bits per heavy atom. The van der Waals surface area contributed by atoms with Gasteiger partial charge in [0.1, 0.15) is 41.9 Å². The quantitative estimate of drug-likeness (QED) is 0.0657. The highest BCUT2D eigenvalue weighted by atomic mass is 16.6. The zero-order valence-corrected chi connectivity index (χ0v) is 32.2. The third kappa shape index (κ3) is 7.96. The number of methoxy groups -OCH3 is 1. The van der Waals surface area contributed by atoms with Gasteiger partial charge in [-0.05, 0) is 59.0 Å². The van der Waals surface area contributed by atoms with E-state index in [4.69, 9.17) is 14.2 Å². The van der Waals surface area contributed by atoms with Crippen molar-refractivity contribution in [3.05, 3.63) is 118 Å². The van der Waals surface area contributed by atoms with Gasteiger partial charge in [-0.1, -0.05) is 54.6 Å². The summed E-state index contributed by atoms with van der Waals surface area (Å²) in [4.78, 5) is 40.9. The first-order chi connectivity index (χ1) is 27.5. The van der Waals surface area contributed by atoms with Crippen LogP contribution in [0.25, 0.3) is 22.0 Å². The van der Waals surface area contributed by atoms with Crippen molar-refractivity contribution in [1.82, 2.24) is 10.3 Å². The molecule has 2 amide bonds. The highest BCUT2D eigenvalue weighted by Crippen LogP contribution is 2.51. The number of phenols is 1. The largest absolute Gasteiger partial charge is 0.506 e. The number of ether oxygens (including phenoxy) is 3. The number of fused-ring (bicyclic) bond motifs is 6. The molecule has 6 atom stereocenters. The Balaban J connectivity index is 0.869. The molecule has 57 heavy (non-hydrogen) atoms. The number of aliphatic hydroxyl groups is 1. The van der Waals surface area contributed by atoms with Gasteiger partial charge in [0.2, 0.25) is 11.5 Å². The van der Waals surface area contributed by atoms with Crippen LogP contribution in [0, 0.1) is 0 Å². The summed E-state index contributed by atoms with van der Waals surface area (Å²) in [7, 11) is 6.03. The van der Waals surface area contributed by atoms with Gasteiger partial charge in [-0.2, -0.15) is 0 Å². The van der Waals surface area contributed by atoms with Crippen LogP contribution in [0.1, 0.15) is 42.1 Å². The summed E-state index contributed by atoms with van der Waals surface area (Å²) in [6, 6.07) is 27.8. The predicted molar refractivity (Wildman–Crippen MR) is 216 cm³/mol. The number of hydrogen-bond acceptors (Lipinski definition) is 9. The van der Waals surface area contributed by atoms with Crippen LogP contribution in [0.2, 0.25) is 0 Å². The number of piperidine rings is 1. The van der Waals surface area contributed by atoms with Crippen LogP contribution < -0.4 is 26.2 Å². The molecular weight excluding hydrogens is 727 g/mol. The number of carbonyl (C=O) groups is 2. The summed E-state index contributed by atoms with van der Waals surface area (Å²) >= 11 is 0. The number of aromatic hydroxyl groups is 1. The van der Waals surface area contributed by atoms with Crippen molar-refractivity contribution in [2.45, 2.75) is 68.7 Å². The van der Waals surface area contributed by atoms with Crippen LogP contribution >= 0.6 is 0 Å². The number of morpholine rings is 1. The van der Waals surface area contributed by atoms with Gasteiger partial charge in [-0.15, -0.1) is 0 Å². The molecule has 3 saturated heterocycles. The number of quaternary nitrogens is 1. The SMILES string of the molecule is COc1cc(CNC[C@H](O)c2ccc(O)c3[nH]c(=O)ccc23)ccc1NC(=O)CCc1ccc(-c2ccccc2)c(NC(=O)OC2C[C@@H]3[C@H]4O[C@H]4[C@H](C2)[N+]3(C)C)c1. The number of aryl methyl sites for hydroxylation is 1. The van der Waals surface area contributed by atoms with Crippen molar-refractivity contribution < 1.29 is 38.5 Å². The summed E-state index contributed by atoms with van der Waals surface area (Å²) in [6.07, 6.45) is 1.17. The van der Waals surface area contributed by atoms with Gasteiger partial charge in [0.05, 0.1) is 44.2 Å². The zero-order chi connectivity index (χ0) is 39.8. The molecule has 296 valence electrons. The summed E-state index contributed by atoms with van der Waals surface area (Å²) in [5.74, 6) is 0.231. The highest BCUT2D eigenvalue weighted by molar-refractivity contribution is 5.93. The Labute approximate surface area is 330 Å². The van der Waals surface area contributed by atoms with Crippen LogP contribution in [-0.4, -0.2) is 89.8 Å². The Morgan fingerprint density at radius 3 is 2.42 bits per heavy atom. The number of hydrogen-bond donors (Lipinski definition) is 6. The zero-order valence-electron chi connectivity index (χ0n) is 32.2. The maximum atomic E-state index is 13.3. The van der Waals surface area contributed by atoms with E-state index >= 15 is 0 Å². The van der Waals surface area contributed by atoms with Crippen molar-refractivity contribution in [2.75, 3.05) is 38.4 Å². The lowest BCUT2D eigenvalue weighted by Gasteiger charge is -2.45. The van der Waals surface area contributed by atoms with Crippen molar-refractivity contribution in [3.63, 3.8) is 0 Å². The maximum absolute atomic E-state index is 13.3. The molecule has 13 nitrogen and oxygen atoms in total. The van der Waals surface area contributed by atoms with Crippen LogP contribution in [0.15, 0.2) is 95.8 Å². The van der Waals surface area contributed by atoms with Crippen molar-refractivity contribution >= 4 is 34.3 Å². The fourth-order valence-electron chi connectivity index (χ4n) is 8.74. The van der Waals surface area contributed by atoms with Gasteiger partial charge in [0.25, 0.3) is 0 Å². The fourth-order valence-corrected chi connectivity index (χ4v) is 8.74. The minimum atomic E-state index is -0.903. The lowest BCUT2D eigenvalue weighted by atomic mass is 9.96. The summed E-state index contributed by atoms with van der Waals surface area (Å²) in [5, 5.41) is 30.9. The molecule has 1 unspecified atom stereocenters. The molecule has 1 aromatic heterocycles. The molecule has 0 saturated carbocycles. The van der Waals surface area contributed by atoms with E-state index in [0.717, 1.165) is 39.6 Å². The number of nitrogens with one attached hydrogen (secondary N) is 4. The van der Waals surface area contributed by atoms with Gasteiger partial charge in [-0.25, -0.2) is 4.79 Å². The van der Waals surface area contributed by atoms with E-state index in [-0.39, 0.29) is 54.0 Å². The van der Waals surface area contributed by atoms with Gasteiger partial charge in [0.15, 0.2) is 0 Å². The maximum Gasteiger partial charge on any atom is 0.411 e. The molecule has 0 aliphatic carbocycles. The molecule has 2 bridgehead atoms. The smallest absolute Gasteiger partial charge is 0.411 e. The summed E-state index contributed by atoms with van der Waals surface area (Å²) < 4.78 is 18.4. The fraction of sp³-hybridized carbons (Fsp3) is 0.341. The van der Waals surface area contributed by atoms with Gasteiger partial charge in [-0.3, -0.25) is 14.9 Å². The van der Waals surface area contributed by atoms with Crippen molar-refractivity contribution in [1.29, 1.82) is 0 Å². The predicted octanol–water partition coefficient (Wildman–Crippen LogP) is 5.61. The second kappa shape index (κ2) is 15.7. The molecule has 8 rings (SSSR count). The van der Waals surface area contributed by atoms with E-state index in [0.29, 0.717) is 53.1 Å². The Hall–Kier alpha value is -5.73. The normalized spacial score (nSPS) is 22.0. The van der Waals surface area contributed by atoms with E-state index < -0.39 is 12.2 Å². The average molecular weight is 775 g/mol. The number of pyridine rings is 1. The van der Waals surface area contributed by atoms with Gasteiger partial charge < -0.3 is 44.5 Å². The van der Waals surface area contributed by atoms with E-state index in [2.05, 4.69) is 35.0 Å². The first-order valence-corrected chi connectivity index (χ1v) is 19.3. The molecule has 6 N–H and O–H groups in total. The van der Waals surface area contributed by atoms with Crippen molar-refractivity contribution in [2.24, 2.45) is 0 Å². The van der Waals surface area contributed by atoms with E-state index in [1.54, 1.807) is 18.2 Å². The van der Waals surface area contributed by atoms with Crippen LogP contribution in [0.4, 0.5) is 16.2 Å². The minimum absolute atomic E-state index is 0.0683. The Morgan fingerprint density at radius 2 is 1.67 bits per heavy atom. The first-order valence-electron chi connectivity index (χ1n) is 19.3. The minimum Gasteiger partial charge on any atom is -0.506 e. The topological polar surface area (TPSA) is 175 Å². The van der Waals surface area contributed by atoms with E-state index in [1.807, 2.05) is 60.7 Å². The van der Waals surface area contributed by atoms with Gasteiger partial charge >= 0.3 is 6.09 Å². The lowest BCUT2D eigenvalue weighted by Crippen LogP contribution is -2.60. The second-order valence-electron chi connectivity index (χ2n) is 15.7. The number of likely N-dealkylation sites (N-methyl/N-ethyl adjacent to an activating group) is 1. The number of aromatic amines is 1. The number of epoxide rings is 1. The van der Waals surface area contributed by atoms with E-state index in [9.17, 15) is 24.6 Å². The molecule has 4 heterocycles. The number of carbonyl (C=O) groups excluding carboxylic acids is 2. The third-order valence-corrected chi connectivity index (χ3v) is 11.8. The van der Waals surface area contributed by atoms with Crippen LogP contribution in [0.5, 0.6) is 11.5 Å². The number of nitrogens with zero attached hydrogens (tertiary/aromatic N) is 1. The molecule has 0 radical (unpaired) electrons. The van der Waals surface area contributed by atoms with Crippen LogP contribution in [0.3, 0.4) is 0 Å². The monoisotopic (exact) mass is 774 g/mol. The molecule has 4 aromatic carbocycles. The molecule has 3 aliphatic heterocycles. The first kappa shape index (κ1) is 38.2. The van der Waals surface area contributed by atoms with E-state index in [1.165, 1.54) is 19.2 Å². The summed E-state index contributed by atoms with van der Waals surface area (Å²) in [6.45, 7) is 0.618. The number of amides is 2. The number of rotatable bonds is 13. The number of aromatic nitrogens is 1. The number of phenolic OH excluding ortho intramolecular Hbond substituents is 1. The Bertz CT molecular complexity index is 2340. The lowest BCUT2D eigenvalue weighted by molar-refractivity contribution is -0.938. The molecule has 5 aromatic rings. The standard InChI is InChI=1S/C44H47N5O8/c1-49(2)34-21-28(22-35(49)43-42(34)57-43)56-44(54)47-33-19-25(9-12-29(33)27-7-5-4-6-8-27)11-17-39(52)46-32-15-10-26(20-38(32)55-3)23-45-24-37(51)30-13-16-36(50)41-31(30)14-18-40(53)48-41/h4-10,12-16,18-20,28,34-35,37,42-43,45,51H,11,17,21-24H2,1-3H3,(H3-,46,47,48,50,52,53,54)/p+1/t28?,34-,35+,37-,42-,43+/m0/s1. The van der Waals surface area contributed by atoms with Gasteiger partial charge in [0, 0.05) is 49.4 Å². The van der Waals surface area contributed by atoms with Crippen molar-refractivity contribution in [3.8, 4) is 22.6 Å². The Kier molecular flexibility index (Phi) is 10.5. The average Bonchev–Trinajstić information content (AvgIpc) is 3.97. The number of aliphatic hydroxyl groups excluding tert-OH is 1. The molecule has 13 heteroatoms. The second-order valence-corrected chi connectivity index (χ2v) is 15.7. The molecule has 3 fully saturated rings. The number of anilines is 2. The number of benzene rings is 4. The molecule has 3 aliphatic rings. The highest BCUT2D eigenvalue weighted by Gasteiger charge is 2.70. The molecule has 0 spiro atoms. The number of H-pyrrole nitrogens is 1.